The predicted octanol–water partition coefficient (Wildman–Crippen LogP) is 1.82. The maximum atomic E-state index is 5.37. The molecule has 0 aromatic heterocycles. The fourth-order valence-electron chi connectivity index (χ4n) is 1.23. The van der Waals surface area contributed by atoms with E-state index < -0.39 is 0 Å². The molecule has 1 aliphatic heterocycles. The normalized spacial score (nSPS) is 33.4. The minimum Gasteiger partial charge on any atom is -0.366 e. The predicted molar refractivity (Wildman–Crippen MR) is 33.8 cm³/mol. The van der Waals surface area contributed by atoms with E-state index in [0.29, 0.717) is 12.0 Å². The lowest BCUT2D eigenvalue weighted by Crippen LogP contribution is -2.08. The Hall–Kier alpha value is -0.0400. The Balaban J connectivity index is 2.37. The minimum atomic E-state index is 0.189. The number of rotatable bonds is 1. The van der Waals surface area contributed by atoms with Crippen LogP contribution in [0.5, 0.6) is 0 Å². The molecule has 1 heterocycles. The van der Waals surface area contributed by atoms with Gasteiger partial charge in [0.15, 0.2) is 0 Å². The van der Waals surface area contributed by atoms with E-state index in [1.165, 1.54) is 0 Å². The Labute approximate surface area is 51.0 Å². The van der Waals surface area contributed by atoms with Crippen LogP contribution in [0, 0.1) is 5.92 Å². The van der Waals surface area contributed by atoms with E-state index >= 15 is 0 Å². The molecule has 0 N–H and O–H groups in total. The van der Waals surface area contributed by atoms with E-state index in [4.69, 9.17) is 4.74 Å². The van der Waals surface area contributed by atoms with Gasteiger partial charge in [0.1, 0.15) is 0 Å². The molecule has 1 heteroatoms. The van der Waals surface area contributed by atoms with Gasteiger partial charge in [-0.1, -0.05) is 13.8 Å². The summed E-state index contributed by atoms with van der Waals surface area (Å²) in [7, 11) is 0. The van der Waals surface area contributed by atoms with Gasteiger partial charge in [-0.05, 0) is 19.8 Å². The Morgan fingerprint density at radius 1 is 1.38 bits per heavy atom. The fraction of sp³-hybridized carbons (Fsp3) is 1.00. The highest BCUT2D eigenvalue weighted by Crippen LogP contribution is 2.39. The largest absolute Gasteiger partial charge is 0.366 e. The van der Waals surface area contributed by atoms with E-state index in [0.717, 1.165) is 0 Å². The van der Waals surface area contributed by atoms with Gasteiger partial charge in [0.2, 0.25) is 0 Å². The number of hydrogen-bond donors (Lipinski definition) is 0. The van der Waals surface area contributed by atoms with Gasteiger partial charge in [-0.15, -0.1) is 0 Å². The number of hydrogen-bond acceptors (Lipinski definition) is 1. The van der Waals surface area contributed by atoms with Crippen molar-refractivity contribution in [2.45, 2.75) is 39.4 Å². The van der Waals surface area contributed by atoms with E-state index in [2.05, 4.69) is 27.7 Å². The molecule has 0 aromatic carbocycles. The molecule has 48 valence electrons. The highest BCUT2D eigenvalue weighted by molar-refractivity contribution is 4.96. The molecule has 1 nitrogen and oxygen atoms in total. The Bertz CT molecular complexity index is 94.6. The van der Waals surface area contributed by atoms with Crippen molar-refractivity contribution in [3.63, 3.8) is 0 Å². The van der Waals surface area contributed by atoms with Crippen LogP contribution in [-0.4, -0.2) is 11.7 Å². The van der Waals surface area contributed by atoms with Crippen molar-refractivity contribution in [1.29, 1.82) is 0 Å². The molecule has 0 unspecified atom stereocenters. The summed E-state index contributed by atoms with van der Waals surface area (Å²) in [5.74, 6) is 0.685. The molecular weight excluding hydrogens is 100 g/mol. The third kappa shape index (κ3) is 0.873. The van der Waals surface area contributed by atoms with Crippen LogP contribution in [-0.2, 0) is 4.74 Å². The molecular formula is C7H14O. The lowest BCUT2D eigenvalue weighted by Gasteiger charge is -1.97. The minimum absolute atomic E-state index is 0.189. The van der Waals surface area contributed by atoms with Crippen LogP contribution in [0.1, 0.15) is 27.7 Å². The van der Waals surface area contributed by atoms with Crippen LogP contribution in [0.15, 0.2) is 0 Å². The number of ether oxygens (including phenoxy) is 1. The topological polar surface area (TPSA) is 12.5 Å². The van der Waals surface area contributed by atoms with Gasteiger partial charge in [-0.2, -0.15) is 0 Å². The summed E-state index contributed by atoms with van der Waals surface area (Å²) in [4.78, 5) is 0. The van der Waals surface area contributed by atoms with Gasteiger partial charge >= 0.3 is 0 Å². The Morgan fingerprint density at radius 2 is 1.75 bits per heavy atom. The van der Waals surface area contributed by atoms with Crippen molar-refractivity contribution in [3.8, 4) is 0 Å². The summed E-state index contributed by atoms with van der Waals surface area (Å²) in [6.45, 7) is 8.66. The summed E-state index contributed by atoms with van der Waals surface area (Å²) in [6.07, 6.45) is 0.516. The monoisotopic (exact) mass is 114 g/mol. The Morgan fingerprint density at radius 3 is 1.75 bits per heavy atom. The lowest BCUT2D eigenvalue weighted by molar-refractivity contribution is 0.304. The molecule has 8 heavy (non-hydrogen) atoms. The first-order valence-electron chi connectivity index (χ1n) is 3.22. The van der Waals surface area contributed by atoms with Crippen molar-refractivity contribution in [2.24, 2.45) is 5.92 Å². The quantitative estimate of drug-likeness (QED) is 0.474. The smallest absolute Gasteiger partial charge is 0.0895 e. The fourth-order valence-corrected chi connectivity index (χ4v) is 1.23. The van der Waals surface area contributed by atoms with Crippen molar-refractivity contribution in [1.82, 2.24) is 0 Å². The SMILES string of the molecule is CC(C)[C@H]1OC1(C)C. The molecule has 0 aromatic rings. The van der Waals surface area contributed by atoms with Gasteiger partial charge in [-0.3, -0.25) is 0 Å². The molecule has 0 saturated carbocycles. The van der Waals surface area contributed by atoms with Gasteiger partial charge in [-0.25, -0.2) is 0 Å². The number of epoxide rings is 1. The zero-order chi connectivity index (χ0) is 6.36. The standard InChI is InChI=1S/C7H14O/c1-5(2)6-7(3,4)8-6/h5-6H,1-4H3/t6-/m1/s1. The van der Waals surface area contributed by atoms with Gasteiger partial charge < -0.3 is 4.74 Å². The van der Waals surface area contributed by atoms with Gasteiger partial charge in [0, 0.05) is 0 Å². The second-order valence-electron chi connectivity index (χ2n) is 3.39. The Kier molecular flexibility index (Phi) is 1.12. The molecule has 1 aliphatic rings. The van der Waals surface area contributed by atoms with Crippen LogP contribution >= 0.6 is 0 Å². The second kappa shape index (κ2) is 1.47. The summed E-state index contributed by atoms with van der Waals surface area (Å²) < 4.78 is 5.37. The average Bonchev–Trinajstić information content (AvgIpc) is 2.13. The van der Waals surface area contributed by atoms with Crippen molar-refractivity contribution >= 4 is 0 Å². The van der Waals surface area contributed by atoms with Crippen LogP contribution in [0.25, 0.3) is 0 Å². The first-order valence-corrected chi connectivity index (χ1v) is 3.22. The molecule has 0 amide bonds. The molecule has 1 fully saturated rings. The van der Waals surface area contributed by atoms with Crippen LogP contribution in [0.3, 0.4) is 0 Å². The van der Waals surface area contributed by atoms with Crippen molar-refractivity contribution in [2.75, 3.05) is 0 Å². The van der Waals surface area contributed by atoms with Crippen LogP contribution in [0.2, 0.25) is 0 Å². The van der Waals surface area contributed by atoms with Gasteiger partial charge in [0.25, 0.3) is 0 Å². The molecule has 0 aliphatic carbocycles. The lowest BCUT2D eigenvalue weighted by atomic mass is 10.0. The molecule has 0 bridgehead atoms. The van der Waals surface area contributed by atoms with Crippen molar-refractivity contribution in [3.05, 3.63) is 0 Å². The van der Waals surface area contributed by atoms with E-state index in [1.807, 2.05) is 0 Å². The molecule has 1 saturated heterocycles. The van der Waals surface area contributed by atoms with E-state index in [9.17, 15) is 0 Å². The third-order valence-corrected chi connectivity index (χ3v) is 1.66. The third-order valence-electron chi connectivity index (χ3n) is 1.66. The summed E-state index contributed by atoms with van der Waals surface area (Å²) in [6, 6.07) is 0. The molecule has 0 spiro atoms. The molecule has 0 radical (unpaired) electrons. The maximum Gasteiger partial charge on any atom is 0.0895 e. The molecule has 1 rings (SSSR count). The first-order chi connectivity index (χ1) is 3.54. The first kappa shape index (κ1) is 6.09. The second-order valence-corrected chi connectivity index (χ2v) is 3.39. The molecule has 1 atom stereocenters. The maximum absolute atomic E-state index is 5.37. The average molecular weight is 114 g/mol. The highest BCUT2D eigenvalue weighted by Gasteiger charge is 2.49. The van der Waals surface area contributed by atoms with E-state index in [-0.39, 0.29) is 5.60 Å². The zero-order valence-electron chi connectivity index (χ0n) is 6.06. The van der Waals surface area contributed by atoms with E-state index in [1.54, 1.807) is 0 Å². The zero-order valence-corrected chi connectivity index (χ0v) is 6.06. The van der Waals surface area contributed by atoms with Crippen LogP contribution in [0.4, 0.5) is 0 Å². The van der Waals surface area contributed by atoms with Crippen molar-refractivity contribution < 1.29 is 4.74 Å². The summed E-state index contributed by atoms with van der Waals surface area (Å²) in [5, 5.41) is 0. The van der Waals surface area contributed by atoms with Gasteiger partial charge in [0.05, 0.1) is 11.7 Å². The summed E-state index contributed by atoms with van der Waals surface area (Å²) in [5.41, 5.74) is 0.189. The summed E-state index contributed by atoms with van der Waals surface area (Å²) >= 11 is 0. The highest BCUT2D eigenvalue weighted by atomic mass is 16.6. The van der Waals surface area contributed by atoms with Crippen LogP contribution < -0.4 is 0 Å².